The minimum absolute atomic E-state index is 0.0774. The van der Waals surface area contributed by atoms with Gasteiger partial charge in [0.15, 0.2) is 0 Å². The Hall–Kier alpha value is -2.36. The van der Waals surface area contributed by atoms with E-state index in [1.807, 2.05) is 0 Å². The van der Waals surface area contributed by atoms with Gasteiger partial charge in [0.2, 0.25) is 0 Å². The molecule has 0 aliphatic heterocycles. The van der Waals surface area contributed by atoms with Gasteiger partial charge in [0, 0.05) is 12.2 Å². The highest BCUT2D eigenvalue weighted by molar-refractivity contribution is 5.81. The fourth-order valence-corrected chi connectivity index (χ4v) is 3.19. The first-order valence-electron chi connectivity index (χ1n) is 10.3. The quantitative estimate of drug-likeness (QED) is 0.319. The first-order valence-corrected chi connectivity index (χ1v) is 10.3. The van der Waals surface area contributed by atoms with E-state index in [0.29, 0.717) is 0 Å². The molecule has 0 saturated carbocycles. The summed E-state index contributed by atoms with van der Waals surface area (Å²) in [5.74, 6) is -0.716. The average Bonchev–Trinajstić information content (AvgIpc) is 2.70. The van der Waals surface area contributed by atoms with Crippen LogP contribution in [0.3, 0.4) is 0 Å². The maximum Gasteiger partial charge on any atom is 0.330 e. The normalized spacial score (nSPS) is 12.6. The summed E-state index contributed by atoms with van der Waals surface area (Å²) in [6.45, 7) is 11.1. The zero-order chi connectivity index (χ0) is 20.8. The maximum atomic E-state index is 11.5. The van der Waals surface area contributed by atoms with Crippen molar-refractivity contribution in [1.82, 2.24) is 0 Å². The lowest BCUT2D eigenvalue weighted by atomic mass is 9.99. The van der Waals surface area contributed by atoms with E-state index < -0.39 is 0 Å². The minimum atomic E-state index is -0.358. The summed E-state index contributed by atoms with van der Waals surface area (Å²) in [5, 5.41) is 0. The summed E-state index contributed by atoms with van der Waals surface area (Å²) in [7, 11) is 0. The number of esters is 2. The van der Waals surface area contributed by atoms with Crippen LogP contribution in [0, 0.1) is 0 Å². The molecule has 0 heterocycles. The van der Waals surface area contributed by atoms with Gasteiger partial charge in [-0.3, -0.25) is 0 Å². The number of carbonyl (C=O) groups is 2. The van der Waals surface area contributed by atoms with Crippen molar-refractivity contribution in [1.29, 1.82) is 0 Å². The molecule has 0 aromatic heterocycles. The van der Waals surface area contributed by atoms with E-state index in [1.165, 1.54) is 23.3 Å². The molecule has 28 heavy (non-hydrogen) atoms. The largest absolute Gasteiger partial charge is 0.459 e. The standard InChI is InChI=1S/C24H34O4/c1-5-10-21(27-23(25)7-3)16-14-19-12-9-13-20(18-19)15-17-22(11-6-2)28-24(26)8-4/h7-9,12-13,18,21-22H,3-6,10-11,14-17H2,1-2H3. The molecule has 0 radical (unpaired) electrons. The Morgan fingerprint density at radius 3 is 1.64 bits per heavy atom. The molecular formula is C24H34O4. The first kappa shape index (κ1) is 23.7. The smallest absolute Gasteiger partial charge is 0.330 e. The van der Waals surface area contributed by atoms with Gasteiger partial charge >= 0.3 is 11.9 Å². The summed E-state index contributed by atoms with van der Waals surface area (Å²) in [6.07, 6.45) is 9.23. The van der Waals surface area contributed by atoms with Crippen LogP contribution in [0.2, 0.25) is 0 Å². The van der Waals surface area contributed by atoms with Crippen molar-refractivity contribution >= 4 is 11.9 Å². The van der Waals surface area contributed by atoms with E-state index in [1.54, 1.807) is 0 Å². The number of carbonyl (C=O) groups excluding carboxylic acids is 2. The predicted octanol–water partition coefficient (Wildman–Crippen LogP) is 5.35. The minimum Gasteiger partial charge on any atom is -0.459 e. The summed E-state index contributed by atoms with van der Waals surface area (Å²) in [6, 6.07) is 8.45. The molecule has 0 bridgehead atoms. The van der Waals surface area contributed by atoms with Crippen LogP contribution >= 0.6 is 0 Å². The van der Waals surface area contributed by atoms with Gasteiger partial charge in [-0.1, -0.05) is 64.1 Å². The number of rotatable bonds is 14. The van der Waals surface area contributed by atoms with Crippen LogP contribution in [-0.2, 0) is 31.9 Å². The lowest BCUT2D eigenvalue weighted by molar-refractivity contribution is -0.144. The van der Waals surface area contributed by atoms with E-state index in [-0.39, 0.29) is 24.1 Å². The second kappa shape index (κ2) is 13.8. The highest BCUT2D eigenvalue weighted by Crippen LogP contribution is 2.17. The Labute approximate surface area is 169 Å². The summed E-state index contributed by atoms with van der Waals surface area (Å²) in [4.78, 5) is 23.0. The molecule has 0 fully saturated rings. The number of ether oxygens (including phenoxy) is 2. The molecule has 0 spiro atoms. The van der Waals surface area contributed by atoms with Crippen LogP contribution in [0.25, 0.3) is 0 Å². The van der Waals surface area contributed by atoms with Crippen molar-refractivity contribution in [3.8, 4) is 0 Å². The van der Waals surface area contributed by atoms with Crippen molar-refractivity contribution in [3.05, 3.63) is 60.7 Å². The van der Waals surface area contributed by atoms with Crippen LogP contribution in [0.5, 0.6) is 0 Å². The zero-order valence-corrected chi connectivity index (χ0v) is 17.3. The van der Waals surface area contributed by atoms with E-state index in [2.05, 4.69) is 51.3 Å². The van der Waals surface area contributed by atoms with E-state index >= 15 is 0 Å². The Bertz CT molecular complexity index is 584. The van der Waals surface area contributed by atoms with E-state index in [0.717, 1.165) is 51.4 Å². The van der Waals surface area contributed by atoms with Crippen molar-refractivity contribution in [2.75, 3.05) is 0 Å². The molecule has 4 nitrogen and oxygen atoms in total. The van der Waals surface area contributed by atoms with Gasteiger partial charge in [0.05, 0.1) is 0 Å². The maximum absolute atomic E-state index is 11.5. The molecule has 1 rings (SSSR count). The number of hydrogen-bond acceptors (Lipinski definition) is 4. The third-order valence-corrected chi connectivity index (χ3v) is 4.62. The molecule has 154 valence electrons. The average molecular weight is 387 g/mol. The molecule has 2 atom stereocenters. The molecule has 0 aliphatic rings. The van der Waals surface area contributed by atoms with Crippen LogP contribution < -0.4 is 0 Å². The predicted molar refractivity (Wildman–Crippen MR) is 113 cm³/mol. The number of hydrogen-bond donors (Lipinski definition) is 0. The fourth-order valence-electron chi connectivity index (χ4n) is 3.19. The van der Waals surface area contributed by atoms with Gasteiger partial charge in [-0.15, -0.1) is 0 Å². The van der Waals surface area contributed by atoms with Gasteiger partial charge < -0.3 is 9.47 Å². The van der Waals surface area contributed by atoms with Gasteiger partial charge in [0.1, 0.15) is 12.2 Å². The Morgan fingerprint density at radius 2 is 1.29 bits per heavy atom. The molecular weight excluding hydrogens is 352 g/mol. The van der Waals surface area contributed by atoms with Crippen LogP contribution in [0.4, 0.5) is 0 Å². The highest BCUT2D eigenvalue weighted by atomic mass is 16.5. The number of aryl methyl sites for hydroxylation is 2. The monoisotopic (exact) mass is 386 g/mol. The van der Waals surface area contributed by atoms with Gasteiger partial charge in [-0.2, -0.15) is 0 Å². The molecule has 1 aromatic rings. The highest BCUT2D eigenvalue weighted by Gasteiger charge is 2.14. The van der Waals surface area contributed by atoms with Gasteiger partial charge in [0.25, 0.3) is 0 Å². The Kier molecular flexibility index (Phi) is 11.6. The lowest BCUT2D eigenvalue weighted by Gasteiger charge is -2.17. The van der Waals surface area contributed by atoms with Crippen LogP contribution in [-0.4, -0.2) is 24.1 Å². The van der Waals surface area contributed by atoms with E-state index in [9.17, 15) is 9.59 Å². The summed E-state index contributed by atoms with van der Waals surface area (Å²) >= 11 is 0. The third kappa shape index (κ3) is 9.54. The van der Waals surface area contributed by atoms with Crippen LogP contribution in [0.15, 0.2) is 49.6 Å². The van der Waals surface area contributed by atoms with Crippen molar-refractivity contribution in [3.63, 3.8) is 0 Å². The molecule has 0 aliphatic carbocycles. The molecule has 0 saturated heterocycles. The van der Waals surface area contributed by atoms with Gasteiger partial charge in [-0.05, 0) is 49.7 Å². The Morgan fingerprint density at radius 1 is 0.857 bits per heavy atom. The number of benzene rings is 1. The molecule has 1 aromatic carbocycles. The summed E-state index contributed by atoms with van der Waals surface area (Å²) < 4.78 is 10.9. The van der Waals surface area contributed by atoms with Crippen molar-refractivity contribution in [2.45, 2.75) is 77.4 Å². The third-order valence-electron chi connectivity index (χ3n) is 4.62. The zero-order valence-electron chi connectivity index (χ0n) is 17.3. The molecule has 2 unspecified atom stereocenters. The van der Waals surface area contributed by atoms with Crippen molar-refractivity contribution < 1.29 is 19.1 Å². The second-order valence-corrected chi connectivity index (χ2v) is 7.00. The van der Waals surface area contributed by atoms with Gasteiger partial charge in [-0.25, -0.2) is 9.59 Å². The SMILES string of the molecule is C=CC(=O)OC(CCC)CCc1cccc(CCC(CCC)OC(=O)C=C)c1. The molecule has 0 N–H and O–H groups in total. The first-order chi connectivity index (χ1) is 13.5. The van der Waals surface area contributed by atoms with E-state index in [4.69, 9.17) is 9.47 Å². The van der Waals surface area contributed by atoms with Crippen LogP contribution in [0.1, 0.15) is 63.5 Å². The van der Waals surface area contributed by atoms with Crippen molar-refractivity contribution in [2.24, 2.45) is 0 Å². The Balaban J connectivity index is 2.61. The second-order valence-electron chi connectivity index (χ2n) is 7.00. The molecule has 0 amide bonds. The fraction of sp³-hybridized carbons (Fsp3) is 0.500. The molecule has 4 heteroatoms. The topological polar surface area (TPSA) is 52.6 Å². The summed E-state index contributed by atoms with van der Waals surface area (Å²) in [5.41, 5.74) is 2.45. The lowest BCUT2D eigenvalue weighted by Crippen LogP contribution is -2.18.